The van der Waals surface area contributed by atoms with E-state index in [0.717, 1.165) is 8.96 Å². The van der Waals surface area contributed by atoms with Crippen LogP contribution in [0, 0.1) is 0 Å². The monoisotopic (exact) mass is 418 g/mol. The molecule has 31 heavy (non-hydrogen) atoms. The fraction of sp³-hybridized carbons (Fsp3) is 0.0455. The van der Waals surface area contributed by atoms with E-state index in [4.69, 9.17) is 4.74 Å². The van der Waals surface area contributed by atoms with Gasteiger partial charge in [-0.15, -0.1) is 5.11 Å². The molecule has 0 spiro atoms. The van der Waals surface area contributed by atoms with Gasteiger partial charge < -0.3 is 27.4 Å². The van der Waals surface area contributed by atoms with Gasteiger partial charge in [0.05, 0.1) is 18.4 Å². The van der Waals surface area contributed by atoms with E-state index < -0.39 is 6.97 Å². The van der Waals surface area contributed by atoms with Crippen LogP contribution >= 0.6 is 0 Å². The molecule has 0 amide bonds. The molecule has 1 aromatic heterocycles. The Morgan fingerprint density at radius 2 is 1.84 bits per heavy atom. The number of allylic oxidation sites excluding steroid dienone is 2. The number of azo groups is 1. The summed E-state index contributed by atoms with van der Waals surface area (Å²) >= 11 is 0. The minimum Gasteiger partial charge on any atom is -0.505 e. The highest BCUT2D eigenvalue weighted by atomic mass is 19.2. The van der Waals surface area contributed by atoms with Gasteiger partial charge in [0.1, 0.15) is 17.7 Å². The van der Waals surface area contributed by atoms with Crippen LogP contribution in [-0.4, -0.2) is 34.4 Å². The SMILES string of the molecule is COc1ccc(N=Nc2cccc(C3=C4C=CC=[N+]4[B-](F)(F)n4cccc43)c2O)cc1. The van der Waals surface area contributed by atoms with Crippen molar-refractivity contribution in [2.75, 3.05) is 7.11 Å². The first-order valence-corrected chi connectivity index (χ1v) is 9.63. The van der Waals surface area contributed by atoms with Gasteiger partial charge in [-0.1, -0.05) is 12.1 Å². The van der Waals surface area contributed by atoms with Crippen LogP contribution in [-0.2, 0) is 0 Å². The van der Waals surface area contributed by atoms with E-state index in [1.807, 2.05) is 0 Å². The molecule has 0 saturated carbocycles. The molecule has 2 aliphatic heterocycles. The minimum absolute atomic E-state index is 0.132. The molecule has 0 unspecified atom stereocenters. The lowest BCUT2D eigenvalue weighted by Crippen LogP contribution is -2.49. The Hall–Kier alpha value is -4.01. The van der Waals surface area contributed by atoms with Gasteiger partial charge in [0.2, 0.25) is 0 Å². The van der Waals surface area contributed by atoms with Crippen LogP contribution in [0.1, 0.15) is 11.3 Å². The van der Waals surface area contributed by atoms with Gasteiger partial charge in [-0.05, 0) is 48.7 Å². The van der Waals surface area contributed by atoms with Crippen molar-refractivity contribution in [1.29, 1.82) is 0 Å². The molecule has 3 aromatic rings. The second-order valence-electron chi connectivity index (χ2n) is 7.14. The number of methoxy groups -OCH3 is 1. The smallest absolute Gasteiger partial charge is 0.505 e. The Bertz CT molecular complexity index is 1310. The third-order valence-corrected chi connectivity index (χ3v) is 5.37. The zero-order valence-electron chi connectivity index (χ0n) is 16.5. The van der Waals surface area contributed by atoms with E-state index in [2.05, 4.69) is 10.2 Å². The minimum atomic E-state index is -4.00. The Morgan fingerprint density at radius 1 is 1.03 bits per heavy atom. The molecule has 2 aliphatic rings. The average Bonchev–Trinajstić information content (AvgIpc) is 3.46. The lowest BCUT2D eigenvalue weighted by atomic mass is 9.86. The van der Waals surface area contributed by atoms with Crippen molar-refractivity contribution in [3.63, 3.8) is 0 Å². The molecule has 0 atom stereocenters. The second kappa shape index (κ2) is 7.05. The normalized spacial score (nSPS) is 16.4. The molecule has 9 heteroatoms. The average molecular weight is 418 g/mol. The number of ether oxygens (including phenoxy) is 1. The number of aromatic hydroxyl groups is 1. The van der Waals surface area contributed by atoms with E-state index in [1.165, 1.54) is 12.4 Å². The van der Waals surface area contributed by atoms with Crippen molar-refractivity contribution in [3.8, 4) is 11.5 Å². The number of phenols is 1. The van der Waals surface area contributed by atoms with E-state index in [-0.39, 0.29) is 11.4 Å². The van der Waals surface area contributed by atoms with Crippen LogP contribution in [0.25, 0.3) is 5.57 Å². The molecule has 6 nitrogen and oxygen atoms in total. The third kappa shape index (κ3) is 2.97. The standard InChI is InChI=1S/C22H17BF2N4O2/c1-31-16-11-9-15(10-12-16)26-27-18-6-2-5-17(22(18)30)21-19-7-3-13-28(19)23(24,25)29-14-4-8-20(21)29/h2-14,30H,1H3. The maximum absolute atomic E-state index is 15.0. The number of nitrogens with zero attached hydrogens (tertiary/aromatic N) is 4. The number of hydrogen-bond acceptors (Lipinski definition) is 4. The molecule has 0 saturated heterocycles. The molecule has 0 fully saturated rings. The van der Waals surface area contributed by atoms with Crippen molar-refractivity contribution >= 4 is 30.1 Å². The van der Waals surface area contributed by atoms with Crippen LogP contribution in [0.15, 0.2) is 88.9 Å². The summed E-state index contributed by atoms with van der Waals surface area (Å²) in [5.74, 6) is 0.565. The first kappa shape index (κ1) is 19.0. The van der Waals surface area contributed by atoms with Gasteiger partial charge >= 0.3 is 6.97 Å². The number of phenolic OH excluding ortho intramolecular Hbond substituents is 1. The van der Waals surface area contributed by atoms with Crippen molar-refractivity contribution in [2.24, 2.45) is 10.2 Å². The van der Waals surface area contributed by atoms with E-state index in [0.29, 0.717) is 34.0 Å². The summed E-state index contributed by atoms with van der Waals surface area (Å²) < 4.78 is 36.9. The summed E-state index contributed by atoms with van der Waals surface area (Å²) in [5, 5.41) is 19.3. The molecular formula is C22H17BF2N4O2. The van der Waals surface area contributed by atoms with E-state index in [1.54, 1.807) is 73.9 Å². The summed E-state index contributed by atoms with van der Waals surface area (Å²) in [6.07, 6.45) is 5.89. The van der Waals surface area contributed by atoms with Gasteiger partial charge in [-0.2, -0.15) is 5.11 Å². The third-order valence-electron chi connectivity index (χ3n) is 5.37. The number of rotatable bonds is 4. The van der Waals surface area contributed by atoms with E-state index >= 15 is 0 Å². The number of aromatic nitrogens is 1. The van der Waals surface area contributed by atoms with Gasteiger partial charge in [0.15, 0.2) is 11.4 Å². The summed E-state index contributed by atoms with van der Waals surface area (Å²) in [7, 11) is 1.58. The summed E-state index contributed by atoms with van der Waals surface area (Å²) in [5.41, 5.74) is 2.38. The van der Waals surface area contributed by atoms with Gasteiger partial charge in [-0.25, -0.2) is 0 Å². The first-order valence-electron chi connectivity index (χ1n) is 9.63. The predicted octanol–water partition coefficient (Wildman–Crippen LogP) is 5.27. The summed E-state index contributed by atoms with van der Waals surface area (Å²) in [6, 6.07) is 15.2. The van der Waals surface area contributed by atoms with Crippen LogP contribution in [0.2, 0.25) is 0 Å². The van der Waals surface area contributed by atoms with Crippen LogP contribution in [0.4, 0.5) is 20.0 Å². The fourth-order valence-electron chi connectivity index (χ4n) is 3.87. The molecule has 0 radical (unpaired) electrons. The Balaban J connectivity index is 1.60. The highest BCUT2D eigenvalue weighted by Crippen LogP contribution is 2.43. The number of fused-ring (bicyclic) bond motifs is 2. The van der Waals surface area contributed by atoms with Crippen molar-refractivity contribution in [1.82, 2.24) is 4.48 Å². The van der Waals surface area contributed by atoms with Crippen molar-refractivity contribution in [2.45, 2.75) is 0 Å². The molecule has 2 aromatic carbocycles. The molecular weight excluding hydrogens is 401 g/mol. The van der Waals surface area contributed by atoms with Crippen LogP contribution < -0.4 is 4.74 Å². The van der Waals surface area contributed by atoms with Crippen molar-refractivity contribution < 1.29 is 23.0 Å². The van der Waals surface area contributed by atoms with Gasteiger partial charge in [0.25, 0.3) is 0 Å². The second-order valence-corrected chi connectivity index (χ2v) is 7.14. The molecule has 1 N–H and O–H groups in total. The molecule has 3 heterocycles. The highest BCUT2D eigenvalue weighted by Gasteiger charge is 2.51. The zero-order valence-corrected chi connectivity index (χ0v) is 16.5. The van der Waals surface area contributed by atoms with Crippen LogP contribution in [0.5, 0.6) is 11.5 Å². The Morgan fingerprint density at radius 3 is 2.61 bits per heavy atom. The lowest BCUT2D eigenvalue weighted by Gasteiger charge is -2.31. The van der Waals surface area contributed by atoms with Crippen LogP contribution in [0.3, 0.4) is 0 Å². The number of benzene rings is 2. The first-order chi connectivity index (χ1) is 15.0. The van der Waals surface area contributed by atoms with Gasteiger partial charge in [0, 0.05) is 23.4 Å². The Kier molecular flexibility index (Phi) is 4.32. The lowest BCUT2D eigenvalue weighted by molar-refractivity contribution is -0.356. The molecule has 154 valence electrons. The highest BCUT2D eigenvalue weighted by molar-refractivity contribution is 6.57. The maximum atomic E-state index is 15.0. The van der Waals surface area contributed by atoms with E-state index in [9.17, 15) is 13.7 Å². The molecule has 5 rings (SSSR count). The summed E-state index contributed by atoms with van der Waals surface area (Å²) in [4.78, 5) is 0. The Labute approximate surface area is 176 Å². The number of halogens is 2. The van der Waals surface area contributed by atoms with Gasteiger partial charge in [-0.3, -0.25) is 0 Å². The molecule has 0 aliphatic carbocycles. The topological polar surface area (TPSA) is 62.1 Å². The molecule has 0 bridgehead atoms. The predicted molar refractivity (Wildman–Crippen MR) is 115 cm³/mol. The van der Waals surface area contributed by atoms with Crippen molar-refractivity contribution in [3.05, 3.63) is 89.9 Å². The maximum Gasteiger partial charge on any atom is 0.737 e. The number of hydrogen-bond donors (Lipinski definition) is 1. The zero-order chi connectivity index (χ0) is 21.6. The quantitative estimate of drug-likeness (QED) is 0.464. The number of para-hydroxylation sites is 1. The summed E-state index contributed by atoms with van der Waals surface area (Å²) in [6.45, 7) is -4.00. The fourth-order valence-corrected chi connectivity index (χ4v) is 3.87. The largest absolute Gasteiger partial charge is 0.737 e.